The van der Waals surface area contributed by atoms with Gasteiger partial charge in [0.1, 0.15) is 12.6 Å². The molecule has 0 bridgehead atoms. The van der Waals surface area contributed by atoms with Crippen LogP contribution in [0.2, 0.25) is 0 Å². The number of ether oxygens (including phenoxy) is 1. The molecule has 3 rings (SSSR count). The number of para-hydroxylation sites is 2. The van der Waals surface area contributed by atoms with E-state index in [-0.39, 0.29) is 6.54 Å². The molecule has 2 N–H and O–H groups in total. The average molecular weight is 305 g/mol. The molecule has 116 valence electrons. The van der Waals surface area contributed by atoms with Crippen molar-refractivity contribution >= 4 is 22.9 Å². The first-order valence-corrected chi connectivity index (χ1v) is 6.94. The zero-order valence-electron chi connectivity index (χ0n) is 11.7. The van der Waals surface area contributed by atoms with Crippen LogP contribution in [0.3, 0.4) is 0 Å². The normalized spacial score (nSPS) is 17.5. The highest BCUT2D eigenvalue weighted by Crippen LogP contribution is 2.12. The number of hydrogen-bond acceptors (Lipinski definition) is 5. The summed E-state index contributed by atoms with van der Waals surface area (Å²) in [6, 6.07) is 6.80. The smallest absolute Gasteiger partial charge is 0.408 e. The third kappa shape index (κ3) is 2.86. The monoisotopic (exact) mass is 305 g/mol. The Hall–Kier alpha value is -2.61. The van der Waals surface area contributed by atoms with E-state index in [2.05, 4.69) is 10.9 Å². The summed E-state index contributed by atoms with van der Waals surface area (Å²) in [7, 11) is 0. The zero-order chi connectivity index (χ0) is 15.5. The van der Waals surface area contributed by atoms with Crippen LogP contribution in [0.15, 0.2) is 33.5 Å². The van der Waals surface area contributed by atoms with Gasteiger partial charge >= 0.3 is 5.76 Å². The third-order valence-electron chi connectivity index (χ3n) is 3.42. The van der Waals surface area contributed by atoms with Gasteiger partial charge in [0.25, 0.3) is 11.8 Å². The molecule has 1 fully saturated rings. The van der Waals surface area contributed by atoms with E-state index in [1.165, 1.54) is 4.57 Å². The van der Waals surface area contributed by atoms with E-state index in [0.717, 1.165) is 6.42 Å². The van der Waals surface area contributed by atoms with Gasteiger partial charge in [0.2, 0.25) is 0 Å². The molecule has 0 radical (unpaired) electrons. The highest BCUT2D eigenvalue weighted by atomic mass is 16.5. The summed E-state index contributed by atoms with van der Waals surface area (Å²) in [6.07, 6.45) is 0.924. The number of oxazole rings is 1. The Morgan fingerprint density at radius 3 is 2.86 bits per heavy atom. The van der Waals surface area contributed by atoms with Gasteiger partial charge in [0.05, 0.1) is 5.52 Å². The van der Waals surface area contributed by atoms with Crippen molar-refractivity contribution in [2.45, 2.75) is 25.5 Å². The van der Waals surface area contributed by atoms with Gasteiger partial charge in [0.15, 0.2) is 5.58 Å². The number of carbonyl (C=O) groups is 2. The van der Waals surface area contributed by atoms with Crippen molar-refractivity contribution in [2.75, 3.05) is 6.61 Å². The predicted octanol–water partition coefficient (Wildman–Crippen LogP) is -0.0791. The molecule has 1 aliphatic heterocycles. The second kappa shape index (κ2) is 6.02. The van der Waals surface area contributed by atoms with Crippen molar-refractivity contribution in [2.24, 2.45) is 0 Å². The second-order valence-electron chi connectivity index (χ2n) is 4.96. The van der Waals surface area contributed by atoms with E-state index in [9.17, 15) is 14.4 Å². The molecule has 0 spiro atoms. The summed E-state index contributed by atoms with van der Waals surface area (Å²) >= 11 is 0. The quantitative estimate of drug-likeness (QED) is 0.772. The zero-order valence-corrected chi connectivity index (χ0v) is 11.7. The molecule has 1 saturated heterocycles. The maximum Gasteiger partial charge on any atom is 0.420 e. The molecular formula is C14H15N3O5. The number of amides is 2. The van der Waals surface area contributed by atoms with Crippen LogP contribution < -0.4 is 16.6 Å². The van der Waals surface area contributed by atoms with Gasteiger partial charge in [-0.1, -0.05) is 12.1 Å². The first kappa shape index (κ1) is 14.3. The fraction of sp³-hybridized carbons (Fsp3) is 0.357. The fourth-order valence-electron chi connectivity index (χ4n) is 2.34. The first-order chi connectivity index (χ1) is 10.6. The van der Waals surface area contributed by atoms with E-state index in [4.69, 9.17) is 9.15 Å². The lowest BCUT2D eigenvalue weighted by Crippen LogP contribution is -2.47. The summed E-state index contributed by atoms with van der Waals surface area (Å²) in [5.41, 5.74) is 5.49. The molecule has 1 unspecified atom stereocenters. The number of fused-ring (bicyclic) bond motifs is 1. The molecule has 22 heavy (non-hydrogen) atoms. The van der Waals surface area contributed by atoms with E-state index in [1.54, 1.807) is 24.3 Å². The van der Waals surface area contributed by atoms with Gasteiger partial charge < -0.3 is 9.15 Å². The topological polar surface area (TPSA) is 103 Å². The molecule has 0 aliphatic carbocycles. The van der Waals surface area contributed by atoms with Gasteiger partial charge in [-0.05, 0) is 25.0 Å². The van der Waals surface area contributed by atoms with Crippen molar-refractivity contribution in [1.29, 1.82) is 0 Å². The third-order valence-corrected chi connectivity index (χ3v) is 3.42. The Bertz CT molecular complexity index is 757. The largest absolute Gasteiger partial charge is 0.420 e. The van der Waals surface area contributed by atoms with Gasteiger partial charge in [-0.15, -0.1) is 0 Å². The van der Waals surface area contributed by atoms with E-state index < -0.39 is 23.7 Å². The SMILES string of the molecule is O=C(Cn1c(=O)oc2ccccc21)NNC(=O)C1CCCO1. The number of nitrogens with zero attached hydrogens (tertiary/aromatic N) is 1. The molecule has 1 aromatic carbocycles. The Labute approximate surface area is 125 Å². The number of hydrazine groups is 1. The van der Waals surface area contributed by atoms with Crippen LogP contribution in [-0.4, -0.2) is 29.1 Å². The van der Waals surface area contributed by atoms with E-state index in [0.29, 0.717) is 24.1 Å². The average Bonchev–Trinajstić information content (AvgIpc) is 3.14. The van der Waals surface area contributed by atoms with Crippen LogP contribution in [0.5, 0.6) is 0 Å². The van der Waals surface area contributed by atoms with E-state index >= 15 is 0 Å². The molecular weight excluding hydrogens is 290 g/mol. The van der Waals surface area contributed by atoms with Crippen LogP contribution in [0, 0.1) is 0 Å². The summed E-state index contributed by atoms with van der Waals surface area (Å²) in [4.78, 5) is 35.3. The van der Waals surface area contributed by atoms with Crippen molar-refractivity contribution < 1.29 is 18.7 Å². The highest BCUT2D eigenvalue weighted by Gasteiger charge is 2.23. The Morgan fingerprint density at radius 2 is 2.09 bits per heavy atom. The number of hydrogen-bond donors (Lipinski definition) is 2. The molecule has 2 aromatic rings. The lowest BCUT2D eigenvalue weighted by atomic mass is 10.2. The minimum Gasteiger partial charge on any atom is -0.408 e. The van der Waals surface area contributed by atoms with Crippen LogP contribution in [0.25, 0.3) is 11.1 Å². The van der Waals surface area contributed by atoms with Gasteiger partial charge in [-0.25, -0.2) is 4.79 Å². The number of nitrogens with one attached hydrogen (secondary N) is 2. The van der Waals surface area contributed by atoms with Crippen molar-refractivity contribution in [3.63, 3.8) is 0 Å². The lowest BCUT2D eigenvalue weighted by molar-refractivity contribution is -0.135. The first-order valence-electron chi connectivity index (χ1n) is 6.94. The highest BCUT2D eigenvalue weighted by molar-refractivity contribution is 5.85. The number of rotatable bonds is 3. The van der Waals surface area contributed by atoms with Crippen molar-refractivity contribution in [3.8, 4) is 0 Å². The summed E-state index contributed by atoms with van der Waals surface area (Å²) in [5, 5.41) is 0. The number of benzene rings is 1. The molecule has 1 aliphatic rings. The Morgan fingerprint density at radius 1 is 1.27 bits per heavy atom. The molecule has 1 aromatic heterocycles. The van der Waals surface area contributed by atoms with Gasteiger partial charge in [-0.3, -0.25) is 25.0 Å². The van der Waals surface area contributed by atoms with Crippen LogP contribution >= 0.6 is 0 Å². The molecule has 0 saturated carbocycles. The summed E-state index contributed by atoms with van der Waals surface area (Å²) < 4.78 is 11.4. The minimum atomic E-state index is -0.623. The maximum absolute atomic E-state index is 11.9. The number of aromatic nitrogens is 1. The van der Waals surface area contributed by atoms with Crippen molar-refractivity contribution in [1.82, 2.24) is 15.4 Å². The van der Waals surface area contributed by atoms with Crippen LogP contribution in [0.1, 0.15) is 12.8 Å². The second-order valence-corrected chi connectivity index (χ2v) is 4.96. The predicted molar refractivity (Wildman–Crippen MR) is 75.7 cm³/mol. The fourth-order valence-corrected chi connectivity index (χ4v) is 2.34. The summed E-state index contributed by atoms with van der Waals surface area (Å²) in [6.45, 7) is 0.296. The van der Waals surface area contributed by atoms with Crippen molar-refractivity contribution in [3.05, 3.63) is 34.8 Å². The number of carbonyl (C=O) groups excluding carboxylic acids is 2. The van der Waals surface area contributed by atoms with Crippen LogP contribution in [-0.2, 0) is 20.9 Å². The molecule has 1 atom stereocenters. The molecule has 8 heteroatoms. The van der Waals surface area contributed by atoms with Gasteiger partial charge in [0, 0.05) is 6.61 Å². The Balaban J connectivity index is 1.62. The molecule has 2 heterocycles. The van der Waals surface area contributed by atoms with Crippen LogP contribution in [0.4, 0.5) is 0 Å². The summed E-state index contributed by atoms with van der Waals surface area (Å²) in [5.74, 6) is -1.54. The van der Waals surface area contributed by atoms with Gasteiger partial charge in [-0.2, -0.15) is 0 Å². The Kier molecular flexibility index (Phi) is 3.92. The maximum atomic E-state index is 11.9. The minimum absolute atomic E-state index is 0.248. The lowest BCUT2D eigenvalue weighted by Gasteiger charge is -2.11. The molecule has 2 amide bonds. The molecule has 8 nitrogen and oxygen atoms in total. The standard InChI is InChI=1S/C14H15N3O5/c18-12(15-16-13(19)11-6-3-7-21-11)8-17-9-4-1-2-5-10(9)22-14(17)20/h1-2,4-5,11H,3,6-8H2,(H,15,18)(H,16,19). The van der Waals surface area contributed by atoms with E-state index in [1.807, 2.05) is 0 Å².